The van der Waals surface area contributed by atoms with Gasteiger partial charge in [0.15, 0.2) is 0 Å². The van der Waals surface area contributed by atoms with E-state index in [0.717, 1.165) is 19.0 Å². The summed E-state index contributed by atoms with van der Waals surface area (Å²) in [5.41, 5.74) is -0.0338. The van der Waals surface area contributed by atoms with Crippen LogP contribution in [0.1, 0.15) is 57.1 Å². The number of alkyl halides is 2. The summed E-state index contributed by atoms with van der Waals surface area (Å²) in [7, 11) is 0. The highest BCUT2D eigenvalue weighted by atomic mass is 19.3. The van der Waals surface area contributed by atoms with Crippen LogP contribution in [0.4, 0.5) is 14.5 Å². The van der Waals surface area contributed by atoms with Gasteiger partial charge in [0.25, 0.3) is 12.1 Å². The van der Waals surface area contributed by atoms with Crippen molar-refractivity contribution >= 4 is 5.69 Å². The lowest BCUT2D eigenvalue weighted by Gasteiger charge is -2.26. The van der Waals surface area contributed by atoms with E-state index in [1.165, 1.54) is 12.1 Å². The van der Waals surface area contributed by atoms with E-state index in [1.807, 2.05) is 20.8 Å². The number of hydrogen-bond donors (Lipinski definition) is 1. The molecule has 0 aliphatic carbocycles. The first kappa shape index (κ1) is 17.5. The van der Waals surface area contributed by atoms with Gasteiger partial charge in [0.2, 0.25) is 0 Å². The monoisotopic (exact) mass is 300 g/mol. The second kappa shape index (κ2) is 8.02. The van der Waals surface area contributed by atoms with Gasteiger partial charge in [-0.2, -0.15) is 0 Å². The molecule has 1 aromatic carbocycles. The van der Waals surface area contributed by atoms with Gasteiger partial charge in [-0.1, -0.05) is 19.9 Å². The molecule has 0 amide bonds. The van der Waals surface area contributed by atoms with Crippen LogP contribution in [0.3, 0.4) is 0 Å². The number of benzene rings is 1. The van der Waals surface area contributed by atoms with E-state index >= 15 is 0 Å². The van der Waals surface area contributed by atoms with E-state index < -0.39 is 11.3 Å². The predicted octanol–water partition coefficient (Wildman–Crippen LogP) is 4.41. The number of nitro benzene ring substituents is 1. The van der Waals surface area contributed by atoms with Crippen LogP contribution in [0, 0.1) is 10.1 Å². The van der Waals surface area contributed by atoms with Crippen LogP contribution in [0.2, 0.25) is 0 Å². The summed E-state index contributed by atoms with van der Waals surface area (Å²) in [5.74, 6) is -0.0960. The average molecular weight is 300 g/mol. The molecule has 6 heteroatoms. The van der Waals surface area contributed by atoms with E-state index in [2.05, 4.69) is 5.32 Å². The standard InChI is InChI=1S/C15H22F2N2O2/c1-4-8-18-10(3)12(5-2)13-7-6-11(19(20)21)9-14(13)15(16)17/h6-7,9-10,12,15,18H,4-5,8H2,1-3H3. The molecule has 0 bridgehead atoms. The highest BCUT2D eigenvalue weighted by molar-refractivity contribution is 5.42. The Morgan fingerprint density at radius 1 is 1.29 bits per heavy atom. The highest BCUT2D eigenvalue weighted by Crippen LogP contribution is 2.34. The Bertz CT molecular complexity index is 481. The molecular formula is C15H22F2N2O2. The molecule has 1 N–H and O–H groups in total. The summed E-state index contributed by atoms with van der Waals surface area (Å²) >= 11 is 0. The maximum atomic E-state index is 13.2. The fourth-order valence-corrected chi connectivity index (χ4v) is 2.56. The Kier molecular flexibility index (Phi) is 6.68. The zero-order valence-corrected chi connectivity index (χ0v) is 12.6. The molecule has 0 heterocycles. The van der Waals surface area contributed by atoms with Gasteiger partial charge in [0.05, 0.1) is 4.92 Å². The fraction of sp³-hybridized carbons (Fsp3) is 0.600. The lowest BCUT2D eigenvalue weighted by molar-refractivity contribution is -0.385. The molecule has 0 radical (unpaired) electrons. The Balaban J connectivity index is 3.16. The zero-order chi connectivity index (χ0) is 16.0. The molecule has 118 valence electrons. The van der Waals surface area contributed by atoms with Crippen LogP contribution >= 0.6 is 0 Å². The van der Waals surface area contributed by atoms with Crippen molar-refractivity contribution in [1.82, 2.24) is 5.32 Å². The van der Waals surface area contributed by atoms with Crippen molar-refractivity contribution < 1.29 is 13.7 Å². The molecule has 21 heavy (non-hydrogen) atoms. The molecule has 0 spiro atoms. The molecule has 2 atom stereocenters. The van der Waals surface area contributed by atoms with Crippen molar-refractivity contribution in [3.05, 3.63) is 39.4 Å². The van der Waals surface area contributed by atoms with Crippen molar-refractivity contribution in [2.75, 3.05) is 6.54 Å². The van der Waals surface area contributed by atoms with Gasteiger partial charge in [-0.3, -0.25) is 10.1 Å². The first-order valence-electron chi connectivity index (χ1n) is 7.22. The van der Waals surface area contributed by atoms with Crippen molar-refractivity contribution in [3.8, 4) is 0 Å². The molecule has 2 unspecified atom stereocenters. The van der Waals surface area contributed by atoms with E-state index in [-0.39, 0.29) is 23.2 Å². The number of non-ortho nitro benzene ring substituents is 1. The molecule has 4 nitrogen and oxygen atoms in total. The highest BCUT2D eigenvalue weighted by Gasteiger charge is 2.25. The quantitative estimate of drug-likeness (QED) is 0.571. The van der Waals surface area contributed by atoms with Crippen LogP contribution in [0.5, 0.6) is 0 Å². The molecule has 0 aliphatic heterocycles. The number of rotatable bonds is 8. The number of nitrogens with one attached hydrogen (secondary N) is 1. The van der Waals surface area contributed by atoms with Crippen LogP contribution < -0.4 is 5.32 Å². The summed E-state index contributed by atoms with van der Waals surface area (Å²) in [6.07, 6.45) is -1.06. The van der Waals surface area contributed by atoms with Crippen molar-refractivity contribution in [2.45, 2.75) is 52.0 Å². The Labute approximate surface area is 123 Å². The normalized spacial score (nSPS) is 14.2. The second-order valence-electron chi connectivity index (χ2n) is 5.13. The summed E-state index contributed by atoms with van der Waals surface area (Å²) in [5, 5.41) is 14.1. The molecule has 0 saturated carbocycles. The number of nitro groups is 1. The Morgan fingerprint density at radius 2 is 1.95 bits per heavy atom. The molecule has 1 rings (SSSR count). The van der Waals surface area contributed by atoms with Gasteiger partial charge in [-0.05, 0) is 37.8 Å². The third-order valence-corrected chi connectivity index (χ3v) is 3.68. The lowest BCUT2D eigenvalue weighted by Crippen LogP contribution is -2.33. The van der Waals surface area contributed by atoms with Crippen LogP contribution in [0.25, 0.3) is 0 Å². The summed E-state index contributed by atoms with van der Waals surface area (Å²) < 4.78 is 26.5. The van der Waals surface area contributed by atoms with Gasteiger partial charge in [0, 0.05) is 23.7 Å². The molecule has 0 saturated heterocycles. The van der Waals surface area contributed by atoms with Gasteiger partial charge >= 0.3 is 0 Å². The molecule has 0 aromatic heterocycles. The topological polar surface area (TPSA) is 55.2 Å². The summed E-state index contributed by atoms with van der Waals surface area (Å²) in [4.78, 5) is 10.1. The lowest BCUT2D eigenvalue weighted by atomic mass is 9.86. The van der Waals surface area contributed by atoms with Crippen molar-refractivity contribution in [2.24, 2.45) is 0 Å². The van der Waals surface area contributed by atoms with Gasteiger partial charge in [-0.15, -0.1) is 0 Å². The molecule has 1 aromatic rings. The average Bonchev–Trinajstić information content (AvgIpc) is 2.45. The molecular weight excluding hydrogens is 278 g/mol. The zero-order valence-electron chi connectivity index (χ0n) is 12.6. The van der Waals surface area contributed by atoms with Crippen molar-refractivity contribution in [3.63, 3.8) is 0 Å². The first-order valence-corrected chi connectivity index (χ1v) is 7.22. The number of hydrogen-bond acceptors (Lipinski definition) is 3. The molecule has 0 fully saturated rings. The second-order valence-corrected chi connectivity index (χ2v) is 5.13. The van der Waals surface area contributed by atoms with Gasteiger partial charge < -0.3 is 5.32 Å². The third kappa shape index (κ3) is 4.46. The Hall–Kier alpha value is -1.56. The van der Waals surface area contributed by atoms with E-state index in [0.29, 0.717) is 12.0 Å². The predicted molar refractivity (Wildman–Crippen MR) is 78.8 cm³/mol. The first-order chi connectivity index (χ1) is 9.92. The minimum absolute atomic E-state index is 0.0360. The maximum absolute atomic E-state index is 13.2. The number of halogens is 2. The minimum atomic E-state index is -2.72. The van der Waals surface area contributed by atoms with Crippen molar-refractivity contribution in [1.29, 1.82) is 0 Å². The minimum Gasteiger partial charge on any atom is -0.314 e. The largest absolute Gasteiger partial charge is 0.314 e. The van der Waals surface area contributed by atoms with E-state index in [1.54, 1.807) is 0 Å². The maximum Gasteiger partial charge on any atom is 0.269 e. The number of nitrogens with zero attached hydrogens (tertiary/aromatic N) is 1. The van der Waals surface area contributed by atoms with Gasteiger partial charge in [-0.25, -0.2) is 8.78 Å². The van der Waals surface area contributed by atoms with E-state index in [9.17, 15) is 18.9 Å². The summed E-state index contributed by atoms with van der Waals surface area (Å²) in [6, 6.07) is 3.80. The fourth-order valence-electron chi connectivity index (χ4n) is 2.56. The van der Waals surface area contributed by atoms with Crippen LogP contribution in [-0.4, -0.2) is 17.5 Å². The Morgan fingerprint density at radius 3 is 2.43 bits per heavy atom. The van der Waals surface area contributed by atoms with Gasteiger partial charge in [0.1, 0.15) is 0 Å². The summed E-state index contributed by atoms with van der Waals surface area (Å²) in [6.45, 7) is 6.75. The van der Waals surface area contributed by atoms with Crippen LogP contribution in [-0.2, 0) is 0 Å². The molecule has 0 aliphatic rings. The SMILES string of the molecule is CCCNC(C)C(CC)c1ccc([N+](=O)[O-])cc1C(F)F. The van der Waals surface area contributed by atoms with Crippen LogP contribution in [0.15, 0.2) is 18.2 Å². The smallest absolute Gasteiger partial charge is 0.269 e. The van der Waals surface area contributed by atoms with E-state index in [4.69, 9.17) is 0 Å². The third-order valence-electron chi connectivity index (χ3n) is 3.68.